The van der Waals surface area contributed by atoms with Gasteiger partial charge in [0.2, 0.25) is 11.8 Å². The van der Waals surface area contributed by atoms with Gasteiger partial charge in [-0.3, -0.25) is 14.4 Å². The van der Waals surface area contributed by atoms with Crippen LogP contribution in [0.15, 0.2) is 79.9 Å². The highest BCUT2D eigenvalue weighted by atomic mass is 16.5. The van der Waals surface area contributed by atoms with E-state index in [0.717, 1.165) is 5.56 Å². The number of carbonyl (C=O) groups excluding carboxylic acids is 3. The minimum atomic E-state index is -1.23. The van der Waals surface area contributed by atoms with E-state index in [1.807, 2.05) is 37.3 Å². The number of fused-ring (bicyclic) bond motifs is 1. The van der Waals surface area contributed by atoms with Gasteiger partial charge < -0.3 is 29.3 Å². The summed E-state index contributed by atoms with van der Waals surface area (Å²) in [5.41, 5.74) is -0.606. The third-order valence-corrected chi connectivity index (χ3v) is 9.37. The molecule has 228 valence electrons. The number of aliphatic hydroxyl groups is 1. The van der Waals surface area contributed by atoms with Crippen molar-refractivity contribution >= 4 is 23.4 Å². The number of hydrogen-bond donors (Lipinski definition) is 1. The van der Waals surface area contributed by atoms with Crippen molar-refractivity contribution in [3.05, 3.63) is 85.5 Å². The lowest BCUT2D eigenvalue weighted by molar-refractivity contribution is -0.151. The lowest BCUT2D eigenvalue weighted by Gasteiger charge is -2.39. The summed E-state index contributed by atoms with van der Waals surface area (Å²) in [6.07, 6.45) is 4.58. The number of likely N-dealkylation sites (tertiary alicyclic amines) is 1. The quantitative estimate of drug-likeness (QED) is 0.383. The van der Waals surface area contributed by atoms with E-state index in [1.54, 1.807) is 60.4 Å². The molecule has 3 aliphatic heterocycles. The summed E-state index contributed by atoms with van der Waals surface area (Å²) in [6.45, 7) is 9.67. The van der Waals surface area contributed by atoms with Crippen LogP contribution in [0.2, 0.25) is 0 Å². The van der Waals surface area contributed by atoms with Gasteiger partial charge in [0.25, 0.3) is 5.91 Å². The average Bonchev–Trinajstić information content (AvgIpc) is 3.59. The Hall–Kier alpha value is -3.95. The molecule has 6 atom stereocenters. The third kappa shape index (κ3) is 5.04. The molecule has 3 heterocycles. The Bertz CT molecular complexity index is 1380. The van der Waals surface area contributed by atoms with Crippen molar-refractivity contribution in [2.45, 2.75) is 49.5 Å². The highest BCUT2D eigenvalue weighted by molar-refractivity contribution is 6.05. The van der Waals surface area contributed by atoms with E-state index in [2.05, 4.69) is 13.2 Å². The first-order valence-electron chi connectivity index (χ1n) is 14.7. The van der Waals surface area contributed by atoms with Crippen molar-refractivity contribution in [1.29, 1.82) is 0 Å². The first kappa shape index (κ1) is 30.5. The fourth-order valence-electron chi connectivity index (χ4n) is 7.43. The second kappa shape index (κ2) is 12.0. The molecule has 2 aromatic carbocycles. The van der Waals surface area contributed by atoms with Crippen LogP contribution >= 0.6 is 0 Å². The summed E-state index contributed by atoms with van der Waals surface area (Å²) in [5.74, 6) is -1.89. The van der Waals surface area contributed by atoms with Crippen LogP contribution in [0.4, 0.5) is 5.69 Å². The summed E-state index contributed by atoms with van der Waals surface area (Å²) in [7, 11) is 3.26. The van der Waals surface area contributed by atoms with Gasteiger partial charge in [-0.1, -0.05) is 42.5 Å². The predicted molar refractivity (Wildman–Crippen MR) is 163 cm³/mol. The maximum atomic E-state index is 14.8. The SMILES string of the molecule is C=CCN(C)C(=O)[C@@H]1[C@H]2C(=O)N([C@@H](CO)Cc3ccccc3)C(C(=O)N(CC=C)c3ccc(OC)cc3)C23CC[C@@]1(C)O3. The molecule has 2 unspecified atom stereocenters. The molecule has 1 N–H and O–H groups in total. The van der Waals surface area contributed by atoms with E-state index in [4.69, 9.17) is 9.47 Å². The summed E-state index contributed by atoms with van der Waals surface area (Å²) >= 11 is 0. The zero-order valence-corrected chi connectivity index (χ0v) is 25.1. The van der Waals surface area contributed by atoms with Crippen molar-refractivity contribution in [3.8, 4) is 5.75 Å². The molecule has 2 bridgehead atoms. The van der Waals surface area contributed by atoms with Crippen LogP contribution in [0.1, 0.15) is 25.3 Å². The number of likely N-dealkylation sites (N-methyl/N-ethyl adjacent to an activating group) is 1. The third-order valence-electron chi connectivity index (χ3n) is 9.37. The fraction of sp³-hybridized carbons (Fsp3) is 0.441. The lowest BCUT2D eigenvalue weighted by Crippen LogP contribution is -2.59. The van der Waals surface area contributed by atoms with Crippen LogP contribution in [0.25, 0.3) is 0 Å². The molecular formula is C34H41N3O6. The van der Waals surface area contributed by atoms with Crippen LogP contribution < -0.4 is 9.64 Å². The van der Waals surface area contributed by atoms with Crippen molar-refractivity contribution < 1.29 is 29.0 Å². The van der Waals surface area contributed by atoms with E-state index in [-0.39, 0.29) is 30.9 Å². The van der Waals surface area contributed by atoms with Gasteiger partial charge in [-0.05, 0) is 56.0 Å². The number of benzene rings is 2. The van der Waals surface area contributed by atoms with Crippen LogP contribution in [0.3, 0.4) is 0 Å². The number of ether oxygens (including phenoxy) is 2. The van der Waals surface area contributed by atoms with Crippen LogP contribution in [0.5, 0.6) is 5.75 Å². The Labute approximate surface area is 253 Å². The molecule has 1 spiro atoms. The van der Waals surface area contributed by atoms with Gasteiger partial charge >= 0.3 is 0 Å². The van der Waals surface area contributed by atoms with Gasteiger partial charge in [0.1, 0.15) is 17.4 Å². The fourth-order valence-corrected chi connectivity index (χ4v) is 7.43. The van der Waals surface area contributed by atoms with Gasteiger partial charge in [0.05, 0.1) is 37.2 Å². The van der Waals surface area contributed by atoms with Crippen molar-refractivity contribution in [1.82, 2.24) is 9.80 Å². The molecule has 3 aliphatic rings. The normalized spacial score (nSPS) is 27.9. The highest BCUT2D eigenvalue weighted by Gasteiger charge is 2.78. The largest absolute Gasteiger partial charge is 0.497 e. The topological polar surface area (TPSA) is 99.6 Å². The van der Waals surface area contributed by atoms with Crippen molar-refractivity contribution in [2.24, 2.45) is 11.8 Å². The number of carbonyl (C=O) groups is 3. The average molecular weight is 588 g/mol. The number of amides is 3. The zero-order valence-electron chi connectivity index (χ0n) is 25.1. The van der Waals surface area contributed by atoms with Gasteiger partial charge in [-0.15, -0.1) is 13.2 Å². The molecular weight excluding hydrogens is 546 g/mol. The van der Waals surface area contributed by atoms with Gasteiger partial charge in [-0.2, -0.15) is 0 Å². The molecule has 3 fully saturated rings. The second-order valence-electron chi connectivity index (χ2n) is 11.9. The molecule has 3 amide bonds. The molecule has 3 saturated heterocycles. The Balaban J connectivity index is 1.62. The summed E-state index contributed by atoms with van der Waals surface area (Å²) in [4.78, 5) is 48.1. The minimum Gasteiger partial charge on any atom is -0.497 e. The monoisotopic (exact) mass is 587 g/mol. The molecule has 43 heavy (non-hydrogen) atoms. The van der Waals surface area contributed by atoms with Crippen molar-refractivity contribution in [2.75, 3.05) is 38.8 Å². The molecule has 0 aliphatic carbocycles. The molecule has 9 heteroatoms. The second-order valence-corrected chi connectivity index (χ2v) is 11.9. The Kier molecular flexibility index (Phi) is 8.49. The summed E-state index contributed by atoms with van der Waals surface area (Å²) in [5, 5.41) is 10.7. The smallest absolute Gasteiger partial charge is 0.253 e. The first-order valence-corrected chi connectivity index (χ1v) is 14.7. The lowest BCUT2D eigenvalue weighted by atomic mass is 9.66. The van der Waals surface area contributed by atoms with Crippen molar-refractivity contribution in [3.63, 3.8) is 0 Å². The van der Waals surface area contributed by atoms with E-state index < -0.39 is 35.1 Å². The molecule has 5 rings (SSSR count). The zero-order chi connectivity index (χ0) is 30.9. The first-order chi connectivity index (χ1) is 20.7. The molecule has 9 nitrogen and oxygen atoms in total. The Morgan fingerprint density at radius 2 is 1.77 bits per heavy atom. The van der Waals surface area contributed by atoms with E-state index in [9.17, 15) is 19.5 Å². The van der Waals surface area contributed by atoms with Gasteiger partial charge in [-0.25, -0.2) is 0 Å². The maximum Gasteiger partial charge on any atom is 0.253 e. The van der Waals surface area contributed by atoms with Crippen LogP contribution in [-0.4, -0.2) is 89.8 Å². The molecule has 0 radical (unpaired) electrons. The summed E-state index contributed by atoms with van der Waals surface area (Å²) in [6, 6.07) is 14.9. The number of anilines is 1. The van der Waals surface area contributed by atoms with E-state index in [1.165, 1.54) is 4.90 Å². The number of hydrogen-bond acceptors (Lipinski definition) is 6. The molecule has 2 aromatic rings. The standard InChI is InChI=1S/C34H41N3O6/c1-6-19-35(4)30(39)27-28-31(40)37(25(22-38)21-23-11-9-8-10-12-23)29(34(28)18-17-33(27,3)43-34)32(41)36(20-7-2)24-13-15-26(42-5)16-14-24/h6-16,25,27-29,38H,1-2,17-22H2,3-5H3/t25-,27+,28+,29?,33-,34?/m1/s1. The maximum absolute atomic E-state index is 14.8. The molecule has 0 saturated carbocycles. The number of rotatable bonds is 12. The van der Waals surface area contributed by atoms with E-state index >= 15 is 0 Å². The number of aliphatic hydroxyl groups excluding tert-OH is 1. The van der Waals surface area contributed by atoms with Gasteiger partial charge in [0.15, 0.2) is 0 Å². The Morgan fingerprint density at radius 1 is 1.09 bits per heavy atom. The number of methoxy groups -OCH3 is 1. The van der Waals surface area contributed by atoms with Gasteiger partial charge in [0, 0.05) is 25.8 Å². The predicted octanol–water partition coefficient (Wildman–Crippen LogP) is 3.23. The van der Waals surface area contributed by atoms with Crippen LogP contribution in [-0.2, 0) is 25.5 Å². The highest BCUT2D eigenvalue weighted by Crippen LogP contribution is 2.64. The summed E-state index contributed by atoms with van der Waals surface area (Å²) < 4.78 is 12.1. The van der Waals surface area contributed by atoms with E-state index in [0.29, 0.717) is 37.2 Å². The number of nitrogens with zero attached hydrogens (tertiary/aromatic N) is 3. The minimum absolute atomic E-state index is 0.189. The Morgan fingerprint density at radius 3 is 2.37 bits per heavy atom. The molecule has 0 aromatic heterocycles. The van der Waals surface area contributed by atoms with Crippen LogP contribution in [0, 0.1) is 11.8 Å².